The van der Waals surface area contributed by atoms with Gasteiger partial charge in [-0.05, 0) is 55.9 Å². The maximum atomic E-state index is 14.1. The molecule has 11 heteroatoms. The SMILES string of the molecule is CC(C)[C@@H]1NCCOc2cc(F)ccc2CC[C@@H](C)NC(=O)[C@@H](Cc2c[nH]c3ccccc23)NC(=O)[C@H](C(C)O)N(C)C1=O. The summed E-state index contributed by atoms with van der Waals surface area (Å²) in [5.74, 6) is -1.58. The molecule has 5 N–H and O–H groups in total. The molecule has 10 nitrogen and oxygen atoms in total. The predicted octanol–water partition coefficient (Wildman–Crippen LogP) is 2.69. The van der Waals surface area contributed by atoms with E-state index in [-0.39, 0.29) is 30.9 Å². The number of nitrogens with zero attached hydrogens (tertiary/aromatic N) is 1. The third-order valence-electron chi connectivity index (χ3n) is 8.14. The number of aromatic nitrogens is 1. The first-order valence-corrected chi connectivity index (χ1v) is 15.2. The van der Waals surface area contributed by atoms with Crippen LogP contribution in [0.3, 0.4) is 0 Å². The molecule has 1 aliphatic rings. The number of hydrogen-bond acceptors (Lipinski definition) is 6. The fourth-order valence-corrected chi connectivity index (χ4v) is 5.70. The molecule has 5 atom stereocenters. The summed E-state index contributed by atoms with van der Waals surface area (Å²) in [5, 5.41) is 20.7. The van der Waals surface area contributed by atoms with Crippen molar-refractivity contribution in [2.75, 3.05) is 20.2 Å². The average molecular weight is 610 g/mol. The van der Waals surface area contributed by atoms with Crippen molar-refractivity contribution in [2.24, 2.45) is 5.92 Å². The summed E-state index contributed by atoms with van der Waals surface area (Å²) in [4.78, 5) is 45.6. The largest absolute Gasteiger partial charge is 0.492 e. The quantitative estimate of drug-likeness (QED) is 0.309. The second-order valence-corrected chi connectivity index (χ2v) is 12.0. The van der Waals surface area contributed by atoms with Crippen LogP contribution in [0, 0.1) is 11.7 Å². The molecule has 4 rings (SSSR count). The van der Waals surface area contributed by atoms with Gasteiger partial charge in [0.25, 0.3) is 0 Å². The van der Waals surface area contributed by atoms with E-state index in [2.05, 4.69) is 20.9 Å². The van der Waals surface area contributed by atoms with Crippen LogP contribution in [0.5, 0.6) is 5.75 Å². The van der Waals surface area contributed by atoms with Gasteiger partial charge in [0, 0.05) is 49.2 Å². The Morgan fingerprint density at radius 1 is 1.07 bits per heavy atom. The lowest BCUT2D eigenvalue weighted by molar-refractivity contribution is -0.145. The summed E-state index contributed by atoms with van der Waals surface area (Å²) in [5.41, 5.74) is 2.54. The first-order chi connectivity index (χ1) is 21.0. The van der Waals surface area contributed by atoms with Gasteiger partial charge in [-0.3, -0.25) is 14.4 Å². The van der Waals surface area contributed by atoms with E-state index in [9.17, 15) is 23.9 Å². The molecule has 0 spiro atoms. The van der Waals surface area contributed by atoms with Gasteiger partial charge in [0.2, 0.25) is 17.7 Å². The fraction of sp³-hybridized carbons (Fsp3) is 0.485. The molecular formula is C33H44FN5O5. The molecule has 0 fully saturated rings. The Kier molecular flexibility index (Phi) is 11.0. The van der Waals surface area contributed by atoms with Gasteiger partial charge in [-0.25, -0.2) is 4.39 Å². The number of para-hydroxylation sites is 1. The number of fused-ring (bicyclic) bond motifs is 2. The smallest absolute Gasteiger partial charge is 0.246 e. The van der Waals surface area contributed by atoms with Crippen LogP contribution in [-0.4, -0.2) is 83.2 Å². The van der Waals surface area contributed by atoms with E-state index < -0.39 is 41.9 Å². The number of ether oxygens (including phenoxy) is 1. The highest BCUT2D eigenvalue weighted by Crippen LogP contribution is 2.23. The van der Waals surface area contributed by atoms with E-state index in [1.54, 1.807) is 6.07 Å². The summed E-state index contributed by atoms with van der Waals surface area (Å²) < 4.78 is 20.0. The molecule has 0 saturated carbocycles. The highest BCUT2D eigenvalue weighted by Gasteiger charge is 2.37. The fourth-order valence-electron chi connectivity index (χ4n) is 5.70. The number of aliphatic hydroxyl groups excluding tert-OH is 1. The predicted molar refractivity (Wildman–Crippen MR) is 167 cm³/mol. The van der Waals surface area contributed by atoms with E-state index >= 15 is 0 Å². The van der Waals surface area contributed by atoms with Gasteiger partial charge < -0.3 is 35.7 Å². The van der Waals surface area contributed by atoms with Gasteiger partial charge in [-0.1, -0.05) is 38.1 Å². The second kappa shape index (κ2) is 14.7. The number of halogens is 1. The zero-order chi connectivity index (χ0) is 32.0. The second-order valence-electron chi connectivity index (χ2n) is 12.0. The van der Waals surface area contributed by atoms with Crippen molar-refractivity contribution in [1.82, 2.24) is 25.8 Å². The number of aryl methyl sites for hydroxylation is 1. The summed E-state index contributed by atoms with van der Waals surface area (Å²) in [6.45, 7) is 7.54. The van der Waals surface area contributed by atoms with Crippen molar-refractivity contribution < 1.29 is 28.6 Å². The number of rotatable bonds is 4. The monoisotopic (exact) mass is 609 g/mol. The number of hydrogen-bond donors (Lipinski definition) is 5. The molecule has 1 aliphatic heterocycles. The number of carbonyl (C=O) groups excluding carboxylic acids is 3. The van der Waals surface area contributed by atoms with Gasteiger partial charge in [0.15, 0.2) is 0 Å². The minimum Gasteiger partial charge on any atom is -0.492 e. The lowest BCUT2D eigenvalue weighted by Crippen LogP contribution is -2.61. The topological polar surface area (TPSA) is 136 Å². The number of nitrogens with one attached hydrogen (secondary N) is 4. The molecule has 0 bridgehead atoms. The van der Waals surface area contributed by atoms with E-state index in [4.69, 9.17) is 4.74 Å². The van der Waals surface area contributed by atoms with E-state index in [0.29, 0.717) is 25.1 Å². The molecule has 3 amide bonds. The van der Waals surface area contributed by atoms with Crippen LogP contribution in [-0.2, 0) is 27.2 Å². The van der Waals surface area contributed by atoms with Crippen LogP contribution in [0.25, 0.3) is 10.9 Å². The molecule has 238 valence electrons. The zero-order valence-corrected chi connectivity index (χ0v) is 26.0. The Balaban J connectivity index is 1.68. The standard InChI is InChI=1S/C33H44FN5O5/c1-19(2)29-33(43)39(5)30(21(4)40)32(42)38-27(16-23-18-36-26-9-7-6-8-25(23)26)31(41)37-20(3)10-11-22-12-13-24(34)17-28(22)44-15-14-35-29/h6-9,12-13,17-21,27,29-30,35-36,40H,10-11,14-16H2,1-5H3,(H,37,41)(H,38,42)/t20-,21?,27-,29+,30+/m1/s1. The van der Waals surface area contributed by atoms with Crippen LogP contribution in [0.2, 0.25) is 0 Å². The maximum absolute atomic E-state index is 14.1. The Hall–Kier alpha value is -3.96. The molecule has 3 aromatic rings. The lowest BCUT2D eigenvalue weighted by atomic mass is 9.99. The number of carbonyl (C=O) groups is 3. The van der Waals surface area contributed by atoms with Crippen molar-refractivity contribution in [3.05, 3.63) is 65.6 Å². The van der Waals surface area contributed by atoms with Gasteiger partial charge >= 0.3 is 0 Å². The minimum atomic E-state index is -1.24. The third kappa shape index (κ3) is 7.95. The Morgan fingerprint density at radius 3 is 2.55 bits per heavy atom. The Bertz CT molecular complexity index is 1460. The number of aromatic amines is 1. The van der Waals surface area contributed by atoms with Gasteiger partial charge in [0.1, 0.15) is 30.3 Å². The summed E-state index contributed by atoms with van der Waals surface area (Å²) >= 11 is 0. The molecule has 2 heterocycles. The maximum Gasteiger partial charge on any atom is 0.246 e. The molecule has 44 heavy (non-hydrogen) atoms. The van der Waals surface area contributed by atoms with Crippen molar-refractivity contribution in [1.29, 1.82) is 0 Å². The van der Waals surface area contributed by atoms with Crippen molar-refractivity contribution >= 4 is 28.6 Å². The molecule has 0 saturated heterocycles. The Morgan fingerprint density at radius 2 is 1.82 bits per heavy atom. The highest BCUT2D eigenvalue weighted by molar-refractivity contribution is 5.94. The molecule has 0 aliphatic carbocycles. The van der Waals surface area contributed by atoms with Crippen LogP contribution < -0.4 is 20.7 Å². The van der Waals surface area contributed by atoms with Crippen molar-refractivity contribution in [3.63, 3.8) is 0 Å². The van der Waals surface area contributed by atoms with Gasteiger partial charge in [-0.15, -0.1) is 0 Å². The number of aliphatic hydroxyl groups is 1. The number of likely N-dealkylation sites (N-methyl/N-ethyl adjacent to an activating group) is 1. The highest BCUT2D eigenvalue weighted by atomic mass is 19.1. The summed E-state index contributed by atoms with van der Waals surface area (Å²) in [7, 11) is 1.47. The molecule has 1 unspecified atom stereocenters. The third-order valence-corrected chi connectivity index (χ3v) is 8.14. The van der Waals surface area contributed by atoms with Gasteiger partial charge in [0.05, 0.1) is 12.1 Å². The van der Waals surface area contributed by atoms with Crippen LogP contribution in [0.15, 0.2) is 48.7 Å². The van der Waals surface area contributed by atoms with Crippen LogP contribution >= 0.6 is 0 Å². The zero-order valence-electron chi connectivity index (χ0n) is 26.0. The number of H-pyrrole nitrogens is 1. The number of benzene rings is 2. The number of amides is 3. The summed E-state index contributed by atoms with van der Waals surface area (Å²) in [6, 6.07) is 8.88. The average Bonchev–Trinajstić information content (AvgIpc) is 3.37. The van der Waals surface area contributed by atoms with E-state index in [1.807, 2.05) is 51.2 Å². The van der Waals surface area contributed by atoms with E-state index in [0.717, 1.165) is 22.0 Å². The molecule has 1 aromatic heterocycles. The van der Waals surface area contributed by atoms with Crippen LogP contribution in [0.4, 0.5) is 4.39 Å². The van der Waals surface area contributed by atoms with E-state index in [1.165, 1.54) is 31.0 Å². The Labute approximate surface area is 257 Å². The first kappa shape index (κ1) is 32.9. The lowest BCUT2D eigenvalue weighted by Gasteiger charge is -2.34. The molecular weight excluding hydrogens is 565 g/mol. The van der Waals surface area contributed by atoms with Crippen molar-refractivity contribution in [2.45, 2.75) is 77.2 Å². The minimum absolute atomic E-state index is 0.153. The normalized spacial score (nSPS) is 23.7. The molecule has 2 aromatic carbocycles. The van der Waals surface area contributed by atoms with Gasteiger partial charge in [-0.2, -0.15) is 0 Å². The van der Waals surface area contributed by atoms with Crippen molar-refractivity contribution in [3.8, 4) is 5.75 Å². The van der Waals surface area contributed by atoms with Crippen LogP contribution in [0.1, 0.15) is 45.2 Å². The molecule has 0 radical (unpaired) electrons. The first-order valence-electron chi connectivity index (χ1n) is 15.2. The summed E-state index contributed by atoms with van der Waals surface area (Å²) in [6.07, 6.45) is 1.85.